The molecule has 2 aromatic heterocycles. The average Bonchev–Trinajstić information content (AvgIpc) is 3.44. The number of benzene rings is 2. The van der Waals surface area contributed by atoms with Crippen LogP contribution in [0.2, 0.25) is 5.02 Å². The number of halogens is 1. The zero-order valence-corrected chi connectivity index (χ0v) is 20.1. The van der Waals surface area contributed by atoms with Gasteiger partial charge in [-0.05, 0) is 48.7 Å². The number of methoxy groups -OCH3 is 2. The number of rotatable bonds is 8. The summed E-state index contributed by atoms with van der Waals surface area (Å²) in [4.78, 5) is 17.2. The fraction of sp³-hybridized carbons (Fsp3) is 0.182. The predicted molar refractivity (Wildman–Crippen MR) is 130 cm³/mol. The lowest BCUT2D eigenvalue weighted by atomic mass is 10.2. The number of amides is 1. The Morgan fingerprint density at radius 1 is 1.21 bits per heavy atom. The third-order valence-corrected chi connectivity index (χ3v) is 5.78. The molecule has 12 heteroatoms. The molecule has 1 amide bonds. The summed E-state index contributed by atoms with van der Waals surface area (Å²) in [6.45, 7) is -0.144. The van der Waals surface area contributed by atoms with Crippen LogP contribution in [0.3, 0.4) is 0 Å². The van der Waals surface area contributed by atoms with Crippen LogP contribution in [-0.2, 0) is 11.3 Å². The Hall–Kier alpha value is -3.70. The van der Waals surface area contributed by atoms with Crippen LogP contribution in [0.1, 0.15) is 0 Å². The second kappa shape index (κ2) is 10.1. The maximum atomic E-state index is 12.7. The second-order valence-corrected chi connectivity index (χ2v) is 8.20. The van der Waals surface area contributed by atoms with Gasteiger partial charge in [0.25, 0.3) is 5.89 Å². The number of carbonyl (C=O) groups excluding carboxylic acids is 1. The van der Waals surface area contributed by atoms with Crippen LogP contribution in [0.25, 0.3) is 22.8 Å². The van der Waals surface area contributed by atoms with Gasteiger partial charge in [-0.15, -0.1) is 11.8 Å². The van der Waals surface area contributed by atoms with Crippen molar-refractivity contribution in [2.75, 3.05) is 31.5 Å². The third-order valence-electron chi connectivity index (χ3n) is 4.87. The highest BCUT2D eigenvalue weighted by atomic mass is 35.5. The molecule has 3 N–H and O–H groups in total. The van der Waals surface area contributed by atoms with Gasteiger partial charge in [-0.2, -0.15) is 10.1 Å². The summed E-state index contributed by atoms with van der Waals surface area (Å²) >= 11 is 7.39. The highest BCUT2D eigenvalue weighted by molar-refractivity contribution is 7.98. The molecule has 0 aliphatic rings. The Bertz CT molecular complexity index is 1320. The highest BCUT2D eigenvalue weighted by Crippen LogP contribution is 2.35. The van der Waals surface area contributed by atoms with Gasteiger partial charge in [0.2, 0.25) is 11.7 Å². The Balaban J connectivity index is 1.58. The normalized spacial score (nSPS) is 10.8. The molecule has 34 heavy (non-hydrogen) atoms. The van der Waals surface area contributed by atoms with Crippen molar-refractivity contribution in [3.8, 4) is 34.3 Å². The summed E-state index contributed by atoms with van der Waals surface area (Å²) in [5.41, 5.74) is 8.00. The van der Waals surface area contributed by atoms with Crippen molar-refractivity contribution in [3.05, 3.63) is 47.5 Å². The van der Waals surface area contributed by atoms with Crippen LogP contribution in [0.15, 0.2) is 52.0 Å². The van der Waals surface area contributed by atoms with Crippen LogP contribution < -0.4 is 20.5 Å². The van der Waals surface area contributed by atoms with Crippen LogP contribution >= 0.6 is 23.4 Å². The molecule has 10 nitrogen and oxygen atoms in total. The molecule has 2 aromatic carbocycles. The number of thioether (sulfide) groups is 1. The number of nitrogens with zero attached hydrogens (tertiary/aromatic N) is 4. The molecule has 0 saturated carbocycles. The predicted octanol–water partition coefficient (Wildman–Crippen LogP) is 4.21. The molecular formula is C22H21ClN6O4S. The first-order chi connectivity index (χ1) is 16.4. The fourth-order valence-electron chi connectivity index (χ4n) is 3.20. The number of ether oxygens (including phenoxy) is 2. The van der Waals surface area contributed by atoms with Crippen molar-refractivity contribution in [3.63, 3.8) is 0 Å². The Kier molecular flexibility index (Phi) is 6.94. The zero-order chi connectivity index (χ0) is 24.2. The zero-order valence-electron chi connectivity index (χ0n) is 18.5. The average molecular weight is 501 g/mol. The SMILES string of the molecule is COc1ccc(-c2noc(-c3c(SC)nn(CC(=O)Nc4cc(Cl)ccc4OC)c3N)n2)cc1. The molecule has 0 aliphatic heterocycles. The molecule has 0 atom stereocenters. The first kappa shape index (κ1) is 23.5. The molecule has 0 saturated heterocycles. The van der Waals surface area contributed by atoms with Gasteiger partial charge in [-0.3, -0.25) is 4.79 Å². The summed E-state index contributed by atoms with van der Waals surface area (Å²) in [5.74, 6) is 1.66. The van der Waals surface area contributed by atoms with E-state index in [4.69, 9.17) is 31.3 Å². The van der Waals surface area contributed by atoms with Crippen LogP contribution in [-0.4, -0.2) is 46.3 Å². The van der Waals surface area contributed by atoms with Gasteiger partial charge in [-0.25, -0.2) is 4.68 Å². The maximum Gasteiger partial charge on any atom is 0.264 e. The lowest BCUT2D eigenvalue weighted by molar-refractivity contribution is -0.116. The minimum atomic E-state index is -0.363. The summed E-state index contributed by atoms with van der Waals surface area (Å²) in [5, 5.41) is 12.3. The molecule has 0 radical (unpaired) electrons. The third kappa shape index (κ3) is 4.80. The van der Waals surface area contributed by atoms with E-state index in [1.807, 2.05) is 18.4 Å². The molecule has 4 aromatic rings. The van der Waals surface area contributed by atoms with Crippen LogP contribution in [0.4, 0.5) is 11.5 Å². The van der Waals surface area contributed by atoms with Gasteiger partial charge in [0.15, 0.2) is 0 Å². The monoisotopic (exact) mass is 500 g/mol. The maximum absolute atomic E-state index is 12.7. The van der Waals surface area contributed by atoms with Crippen molar-refractivity contribution in [1.29, 1.82) is 0 Å². The van der Waals surface area contributed by atoms with Gasteiger partial charge in [-0.1, -0.05) is 16.8 Å². The van der Waals surface area contributed by atoms with E-state index in [0.717, 1.165) is 11.3 Å². The van der Waals surface area contributed by atoms with Gasteiger partial charge in [0.1, 0.15) is 34.5 Å². The van der Waals surface area contributed by atoms with E-state index in [0.29, 0.717) is 32.9 Å². The summed E-state index contributed by atoms with van der Waals surface area (Å²) in [7, 11) is 3.10. The lowest BCUT2D eigenvalue weighted by Gasteiger charge is -2.11. The number of hydrogen-bond donors (Lipinski definition) is 2. The molecule has 2 heterocycles. The minimum absolute atomic E-state index is 0.144. The number of carbonyl (C=O) groups is 1. The number of nitrogens with two attached hydrogens (primary N) is 1. The summed E-state index contributed by atoms with van der Waals surface area (Å²) in [6.07, 6.45) is 1.84. The highest BCUT2D eigenvalue weighted by Gasteiger charge is 2.24. The smallest absolute Gasteiger partial charge is 0.264 e. The standard InChI is InChI=1S/C22H21ClN6O4S/c1-31-14-7-4-12(5-8-14)20-26-21(33-28-20)18-19(24)29(27-22(18)34-3)11-17(30)25-15-10-13(23)6-9-16(15)32-2/h4-10H,11,24H2,1-3H3,(H,25,30). The van der Waals surface area contributed by atoms with E-state index in [2.05, 4.69) is 20.6 Å². The summed E-state index contributed by atoms with van der Waals surface area (Å²) < 4.78 is 17.3. The topological polar surface area (TPSA) is 130 Å². The molecular weight excluding hydrogens is 480 g/mol. The second-order valence-electron chi connectivity index (χ2n) is 6.97. The first-order valence-electron chi connectivity index (χ1n) is 9.95. The molecule has 0 fully saturated rings. The molecule has 4 rings (SSSR count). The quantitative estimate of drug-likeness (QED) is 0.341. The Labute approximate surface area is 204 Å². The van der Waals surface area contributed by atoms with E-state index in [9.17, 15) is 4.79 Å². The Morgan fingerprint density at radius 3 is 2.65 bits per heavy atom. The lowest BCUT2D eigenvalue weighted by Crippen LogP contribution is -2.21. The van der Waals surface area contributed by atoms with E-state index in [1.54, 1.807) is 37.4 Å². The van der Waals surface area contributed by atoms with E-state index in [-0.39, 0.29) is 24.2 Å². The molecule has 0 unspecified atom stereocenters. The number of nitrogen functional groups attached to an aromatic ring is 1. The van der Waals surface area contributed by atoms with Crippen molar-refractivity contribution in [2.45, 2.75) is 11.6 Å². The fourth-order valence-corrected chi connectivity index (χ4v) is 3.95. The number of hydrogen-bond acceptors (Lipinski definition) is 9. The summed E-state index contributed by atoms with van der Waals surface area (Å²) in [6, 6.07) is 12.2. The van der Waals surface area contributed by atoms with Gasteiger partial charge in [0, 0.05) is 10.6 Å². The first-order valence-corrected chi connectivity index (χ1v) is 11.6. The van der Waals surface area contributed by atoms with E-state index < -0.39 is 0 Å². The van der Waals surface area contributed by atoms with Crippen molar-refractivity contribution >= 4 is 40.8 Å². The van der Waals surface area contributed by atoms with Crippen molar-refractivity contribution < 1.29 is 18.8 Å². The van der Waals surface area contributed by atoms with Gasteiger partial charge >= 0.3 is 0 Å². The minimum Gasteiger partial charge on any atom is -0.497 e. The van der Waals surface area contributed by atoms with Gasteiger partial charge in [0.05, 0.1) is 19.9 Å². The number of aromatic nitrogens is 4. The number of anilines is 2. The number of nitrogens with one attached hydrogen (secondary N) is 1. The largest absolute Gasteiger partial charge is 0.497 e. The molecule has 176 valence electrons. The molecule has 0 aliphatic carbocycles. The molecule has 0 spiro atoms. The Morgan fingerprint density at radius 2 is 1.97 bits per heavy atom. The van der Waals surface area contributed by atoms with Crippen molar-refractivity contribution in [2.24, 2.45) is 0 Å². The van der Waals surface area contributed by atoms with Gasteiger partial charge < -0.3 is 25.0 Å². The van der Waals surface area contributed by atoms with E-state index >= 15 is 0 Å². The van der Waals surface area contributed by atoms with Crippen LogP contribution in [0, 0.1) is 0 Å². The van der Waals surface area contributed by atoms with E-state index in [1.165, 1.54) is 23.6 Å². The molecule has 0 bridgehead atoms. The van der Waals surface area contributed by atoms with Crippen LogP contribution in [0.5, 0.6) is 11.5 Å². The van der Waals surface area contributed by atoms with Crippen molar-refractivity contribution in [1.82, 2.24) is 19.9 Å².